The van der Waals surface area contributed by atoms with E-state index in [0.29, 0.717) is 6.42 Å². The summed E-state index contributed by atoms with van der Waals surface area (Å²) in [5.41, 5.74) is 5.00. The lowest BCUT2D eigenvalue weighted by molar-refractivity contribution is -0.152. The van der Waals surface area contributed by atoms with Gasteiger partial charge in [-0.1, -0.05) is 36.4 Å². The van der Waals surface area contributed by atoms with E-state index >= 15 is 0 Å². The van der Waals surface area contributed by atoms with Gasteiger partial charge in [0.1, 0.15) is 11.8 Å². The second-order valence-electron chi connectivity index (χ2n) is 7.76. The van der Waals surface area contributed by atoms with E-state index in [1.165, 1.54) is 0 Å². The second kappa shape index (κ2) is 6.43. The molecular formula is C24H19N3O3. The van der Waals surface area contributed by atoms with Crippen LogP contribution in [0.4, 0.5) is 0 Å². The first-order chi connectivity index (χ1) is 14.7. The highest BCUT2D eigenvalue weighted by Gasteiger charge is 2.48. The van der Waals surface area contributed by atoms with E-state index in [2.05, 4.69) is 16.0 Å². The van der Waals surface area contributed by atoms with Gasteiger partial charge in [0, 0.05) is 46.5 Å². The Bertz CT molecular complexity index is 1270. The zero-order valence-corrected chi connectivity index (χ0v) is 16.0. The van der Waals surface area contributed by atoms with Gasteiger partial charge in [-0.05, 0) is 29.8 Å². The number of rotatable bonds is 2. The minimum atomic E-state index is -0.849. The number of fused-ring (bicyclic) bond motifs is 7. The molecule has 0 saturated carbocycles. The lowest BCUT2D eigenvalue weighted by Crippen LogP contribution is -2.53. The molecule has 0 unspecified atom stereocenters. The number of ether oxygens (including phenoxy) is 1. The third kappa shape index (κ3) is 2.40. The molecule has 3 atom stereocenters. The SMILES string of the molecule is O=C(O)[C@@H]1Cc2c([nH]c3ccccc23)[C@H]2c3ccccc3O[C@H](c3ccncc3)N21. The van der Waals surface area contributed by atoms with Crippen LogP contribution >= 0.6 is 0 Å². The molecule has 2 aromatic heterocycles. The van der Waals surface area contributed by atoms with Crippen molar-refractivity contribution in [2.24, 2.45) is 0 Å². The van der Waals surface area contributed by atoms with E-state index in [9.17, 15) is 9.90 Å². The van der Waals surface area contributed by atoms with E-state index in [1.807, 2.05) is 59.5 Å². The van der Waals surface area contributed by atoms with Crippen LogP contribution in [0.15, 0.2) is 73.1 Å². The molecule has 2 aromatic carbocycles. The quantitative estimate of drug-likeness (QED) is 0.533. The maximum atomic E-state index is 12.4. The summed E-state index contributed by atoms with van der Waals surface area (Å²) >= 11 is 0. The van der Waals surface area contributed by atoms with E-state index < -0.39 is 18.2 Å². The Morgan fingerprint density at radius 1 is 1.07 bits per heavy atom. The van der Waals surface area contributed by atoms with E-state index in [0.717, 1.165) is 39.0 Å². The fraction of sp³-hybridized carbons (Fsp3) is 0.167. The molecule has 0 radical (unpaired) electrons. The van der Waals surface area contributed by atoms with Gasteiger partial charge in [-0.25, -0.2) is 4.90 Å². The number of carboxylic acid groups (broad SMARTS) is 1. The van der Waals surface area contributed by atoms with Gasteiger partial charge in [0.15, 0.2) is 6.23 Å². The number of aromatic nitrogens is 2. The number of hydrogen-bond acceptors (Lipinski definition) is 4. The minimum Gasteiger partial charge on any atom is -0.480 e. The van der Waals surface area contributed by atoms with Crippen LogP contribution in [0.5, 0.6) is 5.75 Å². The average Bonchev–Trinajstić information content (AvgIpc) is 3.17. The summed E-state index contributed by atoms with van der Waals surface area (Å²) < 4.78 is 6.38. The van der Waals surface area contributed by atoms with Crippen LogP contribution in [0.1, 0.15) is 34.7 Å². The monoisotopic (exact) mass is 397 g/mol. The maximum absolute atomic E-state index is 12.4. The van der Waals surface area contributed by atoms with Crippen molar-refractivity contribution in [1.29, 1.82) is 0 Å². The molecule has 2 aliphatic rings. The van der Waals surface area contributed by atoms with Crippen molar-refractivity contribution >= 4 is 16.9 Å². The normalized spacial score (nSPS) is 22.6. The molecule has 0 bridgehead atoms. The standard InChI is InChI=1S/C24H19N3O3/c28-24(29)19-13-17-15-5-1-3-7-18(15)26-21(17)22-16-6-2-4-8-20(16)30-23(27(19)22)14-9-11-25-12-10-14/h1-12,19,22-23,26H,13H2,(H,28,29)/t19-,22+,23+/m0/s1. The molecule has 6 heteroatoms. The summed E-state index contributed by atoms with van der Waals surface area (Å²) in [7, 11) is 0. The van der Waals surface area contributed by atoms with E-state index in [1.54, 1.807) is 12.4 Å². The van der Waals surface area contributed by atoms with Gasteiger partial charge < -0.3 is 14.8 Å². The summed E-state index contributed by atoms with van der Waals surface area (Å²) in [4.78, 5) is 22.1. The molecular weight excluding hydrogens is 378 g/mol. The van der Waals surface area contributed by atoms with Crippen molar-refractivity contribution in [2.45, 2.75) is 24.7 Å². The van der Waals surface area contributed by atoms with Crippen LogP contribution in [-0.4, -0.2) is 32.0 Å². The zero-order valence-electron chi connectivity index (χ0n) is 16.0. The molecule has 2 aliphatic heterocycles. The number of hydrogen-bond donors (Lipinski definition) is 2. The molecule has 148 valence electrons. The minimum absolute atomic E-state index is 0.245. The highest BCUT2D eigenvalue weighted by Crippen LogP contribution is 2.50. The molecule has 6 nitrogen and oxygen atoms in total. The van der Waals surface area contributed by atoms with Gasteiger partial charge >= 0.3 is 5.97 Å². The smallest absolute Gasteiger partial charge is 0.321 e. The number of aliphatic carboxylic acids is 1. The summed E-state index contributed by atoms with van der Waals surface area (Å²) in [6.45, 7) is 0. The molecule has 0 aliphatic carbocycles. The number of H-pyrrole nitrogens is 1. The molecule has 0 amide bonds. The Balaban J connectivity index is 1.64. The Labute approximate surface area is 172 Å². The summed E-state index contributed by atoms with van der Waals surface area (Å²) in [5, 5.41) is 11.3. The highest BCUT2D eigenvalue weighted by molar-refractivity contribution is 5.87. The molecule has 0 fully saturated rings. The van der Waals surface area contributed by atoms with Gasteiger partial charge in [-0.3, -0.25) is 9.78 Å². The Kier molecular flexibility index (Phi) is 3.70. The molecule has 4 aromatic rings. The van der Waals surface area contributed by atoms with Crippen LogP contribution in [0.3, 0.4) is 0 Å². The van der Waals surface area contributed by atoms with Crippen LogP contribution in [-0.2, 0) is 11.2 Å². The Morgan fingerprint density at radius 2 is 1.83 bits per heavy atom. The molecule has 4 heterocycles. The molecule has 0 spiro atoms. The average molecular weight is 397 g/mol. The number of benzene rings is 2. The number of para-hydroxylation sites is 2. The van der Waals surface area contributed by atoms with Gasteiger partial charge in [-0.15, -0.1) is 0 Å². The first-order valence-corrected chi connectivity index (χ1v) is 9.97. The lowest BCUT2D eigenvalue weighted by Gasteiger charge is -2.48. The van der Waals surface area contributed by atoms with Gasteiger partial charge in [0.2, 0.25) is 0 Å². The fourth-order valence-corrected chi connectivity index (χ4v) is 4.89. The van der Waals surface area contributed by atoms with Crippen LogP contribution in [0, 0.1) is 0 Å². The van der Waals surface area contributed by atoms with Crippen molar-refractivity contribution in [1.82, 2.24) is 14.9 Å². The number of aromatic amines is 1. The lowest BCUT2D eigenvalue weighted by atomic mass is 9.85. The number of carboxylic acids is 1. The first-order valence-electron chi connectivity index (χ1n) is 9.97. The second-order valence-corrected chi connectivity index (χ2v) is 7.76. The predicted octanol–water partition coefficient (Wildman–Crippen LogP) is 4.05. The molecule has 0 saturated heterocycles. The Morgan fingerprint density at radius 3 is 2.67 bits per heavy atom. The predicted molar refractivity (Wildman–Crippen MR) is 111 cm³/mol. The van der Waals surface area contributed by atoms with E-state index in [4.69, 9.17) is 4.74 Å². The van der Waals surface area contributed by atoms with Crippen LogP contribution in [0.25, 0.3) is 10.9 Å². The molecule has 6 rings (SSSR count). The van der Waals surface area contributed by atoms with Gasteiger partial charge in [0.25, 0.3) is 0 Å². The van der Waals surface area contributed by atoms with Crippen LogP contribution < -0.4 is 4.74 Å². The number of nitrogens with zero attached hydrogens (tertiary/aromatic N) is 2. The molecule has 2 N–H and O–H groups in total. The highest BCUT2D eigenvalue weighted by atomic mass is 16.5. The van der Waals surface area contributed by atoms with Crippen LogP contribution in [0.2, 0.25) is 0 Å². The fourth-order valence-electron chi connectivity index (χ4n) is 4.89. The summed E-state index contributed by atoms with van der Waals surface area (Å²) in [6.07, 6.45) is 3.32. The number of nitrogens with one attached hydrogen (secondary N) is 1. The maximum Gasteiger partial charge on any atom is 0.321 e. The first kappa shape index (κ1) is 17.2. The van der Waals surface area contributed by atoms with Crippen molar-refractivity contribution < 1.29 is 14.6 Å². The van der Waals surface area contributed by atoms with Crippen molar-refractivity contribution in [2.75, 3.05) is 0 Å². The van der Waals surface area contributed by atoms with Gasteiger partial charge in [-0.2, -0.15) is 0 Å². The third-order valence-electron chi connectivity index (χ3n) is 6.17. The van der Waals surface area contributed by atoms with Crippen molar-refractivity contribution in [3.8, 4) is 5.75 Å². The zero-order chi connectivity index (χ0) is 20.2. The van der Waals surface area contributed by atoms with Crippen molar-refractivity contribution in [3.05, 3.63) is 95.4 Å². The molecule has 30 heavy (non-hydrogen) atoms. The topological polar surface area (TPSA) is 78.4 Å². The van der Waals surface area contributed by atoms with E-state index in [-0.39, 0.29) is 6.04 Å². The number of pyridine rings is 1. The van der Waals surface area contributed by atoms with Gasteiger partial charge in [0.05, 0.1) is 6.04 Å². The Hall–Kier alpha value is -3.64. The third-order valence-corrected chi connectivity index (χ3v) is 6.17. The summed E-state index contributed by atoms with van der Waals surface area (Å²) in [6, 6.07) is 18.8. The number of carbonyl (C=O) groups is 1. The summed E-state index contributed by atoms with van der Waals surface area (Å²) in [5.74, 6) is -0.0748. The largest absolute Gasteiger partial charge is 0.480 e. The van der Waals surface area contributed by atoms with Crippen molar-refractivity contribution in [3.63, 3.8) is 0 Å².